The predicted octanol–water partition coefficient (Wildman–Crippen LogP) is 1.66. The molecule has 2 N–H and O–H groups in total. The van der Waals surface area contributed by atoms with Crippen molar-refractivity contribution in [2.24, 2.45) is 16.3 Å². The third-order valence-corrected chi connectivity index (χ3v) is 4.06. The Morgan fingerprint density at radius 2 is 2.13 bits per heavy atom. The van der Waals surface area contributed by atoms with Gasteiger partial charge in [-0.25, -0.2) is 0 Å². The van der Waals surface area contributed by atoms with Gasteiger partial charge in [-0.05, 0) is 18.3 Å². The van der Waals surface area contributed by atoms with E-state index in [9.17, 15) is 0 Å². The molecule has 23 heavy (non-hydrogen) atoms. The Kier molecular flexibility index (Phi) is 9.52. The highest BCUT2D eigenvalue weighted by atomic mass is 16.5. The van der Waals surface area contributed by atoms with Gasteiger partial charge in [0.05, 0.1) is 19.3 Å². The lowest BCUT2D eigenvalue weighted by Crippen LogP contribution is -2.45. The Labute approximate surface area is 141 Å². The lowest BCUT2D eigenvalue weighted by molar-refractivity contribution is 0.0205. The molecule has 6 nitrogen and oxygen atoms in total. The van der Waals surface area contributed by atoms with E-state index >= 15 is 0 Å². The first-order valence-corrected chi connectivity index (χ1v) is 8.60. The lowest BCUT2D eigenvalue weighted by Gasteiger charge is -2.30. The second-order valence-corrected chi connectivity index (χ2v) is 7.13. The predicted molar refractivity (Wildman–Crippen MR) is 94.0 cm³/mol. The normalized spacial score (nSPS) is 20.6. The van der Waals surface area contributed by atoms with Crippen molar-refractivity contribution in [3.8, 4) is 0 Å². The van der Waals surface area contributed by atoms with Gasteiger partial charge in [-0.3, -0.25) is 4.99 Å². The number of nitrogens with zero attached hydrogens (tertiary/aromatic N) is 1. The first kappa shape index (κ1) is 20.2. The summed E-state index contributed by atoms with van der Waals surface area (Å²) < 4.78 is 16.6. The molecule has 0 amide bonds. The van der Waals surface area contributed by atoms with Crippen LogP contribution in [0.15, 0.2) is 4.99 Å². The Balaban J connectivity index is 2.09. The smallest absolute Gasteiger partial charge is 0.191 e. The number of methoxy groups -OCH3 is 1. The zero-order valence-corrected chi connectivity index (χ0v) is 15.5. The highest BCUT2D eigenvalue weighted by molar-refractivity contribution is 5.79. The molecule has 1 aliphatic rings. The molecule has 1 heterocycles. The Morgan fingerprint density at radius 3 is 2.70 bits per heavy atom. The van der Waals surface area contributed by atoms with Crippen LogP contribution < -0.4 is 10.6 Å². The van der Waals surface area contributed by atoms with Gasteiger partial charge in [-0.2, -0.15) is 0 Å². The maximum Gasteiger partial charge on any atom is 0.191 e. The van der Waals surface area contributed by atoms with E-state index in [-0.39, 0.29) is 11.5 Å². The van der Waals surface area contributed by atoms with Gasteiger partial charge in [0.1, 0.15) is 0 Å². The van der Waals surface area contributed by atoms with Crippen molar-refractivity contribution in [3.05, 3.63) is 0 Å². The summed E-state index contributed by atoms with van der Waals surface area (Å²) in [5.41, 5.74) is 0.0956. The number of ether oxygens (including phenoxy) is 3. The zero-order chi connectivity index (χ0) is 17.1. The molecule has 2 unspecified atom stereocenters. The van der Waals surface area contributed by atoms with Crippen LogP contribution in [0.25, 0.3) is 0 Å². The van der Waals surface area contributed by atoms with Crippen molar-refractivity contribution in [1.29, 1.82) is 0 Å². The van der Waals surface area contributed by atoms with Crippen LogP contribution in [0.5, 0.6) is 0 Å². The molecule has 0 radical (unpaired) electrons. The maximum absolute atomic E-state index is 5.69. The topological polar surface area (TPSA) is 64.1 Å². The molecule has 0 saturated carbocycles. The second kappa shape index (κ2) is 10.8. The van der Waals surface area contributed by atoms with Crippen LogP contribution in [0.3, 0.4) is 0 Å². The summed E-state index contributed by atoms with van der Waals surface area (Å²) in [4.78, 5) is 4.24. The quantitative estimate of drug-likeness (QED) is 0.383. The first-order valence-electron chi connectivity index (χ1n) is 8.60. The van der Waals surface area contributed by atoms with Gasteiger partial charge in [0.2, 0.25) is 0 Å². The fraction of sp³-hybridized carbons (Fsp3) is 0.941. The molecule has 1 saturated heterocycles. The summed E-state index contributed by atoms with van der Waals surface area (Å²) in [5.74, 6) is 1.39. The molecule has 0 aliphatic carbocycles. The highest BCUT2D eigenvalue weighted by Crippen LogP contribution is 2.20. The molecule has 6 heteroatoms. The molecular weight excluding hydrogens is 294 g/mol. The van der Waals surface area contributed by atoms with Crippen LogP contribution in [0.2, 0.25) is 0 Å². The molecule has 0 bridgehead atoms. The highest BCUT2D eigenvalue weighted by Gasteiger charge is 2.24. The molecule has 1 fully saturated rings. The van der Waals surface area contributed by atoms with Crippen molar-refractivity contribution in [2.75, 3.05) is 53.7 Å². The number of hydrogen-bond donors (Lipinski definition) is 2. The summed E-state index contributed by atoms with van der Waals surface area (Å²) in [6.45, 7) is 11.4. The SMILES string of the molecule is CN=C(NCCCOCC1CCOC1)NCC(OC)C(C)(C)C. The molecule has 136 valence electrons. The molecule has 0 aromatic rings. The van der Waals surface area contributed by atoms with Gasteiger partial charge in [-0.1, -0.05) is 20.8 Å². The molecule has 0 aromatic carbocycles. The zero-order valence-electron chi connectivity index (χ0n) is 15.5. The summed E-state index contributed by atoms with van der Waals surface area (Å²) >= 11 is 0. The summed E-state index contributed by atoms with van der Waals surface area (Å²) in [5, 5.41) is 6.63. The largest absolute Gasteiger partial charge is 0.381 e. The minimum Gasteiger partial charge on any atom is -0.381 e. The number of guanidine groups is 1. The molecular formula is C17H35N3O3. The van der Waals surface area contributed by atoms with E-state index in [1.807, 2.05) is 0 Å². The summed E-state index contributed by atoms with van der Waals surface area (Å²) in [6, 6.07) is 0. The Morgan fingerprint density at radius 1 is 1.35 bits per heavy atom. The van der Waals surface area contributed by atoms with Gasteiger partial charge in [-0.15, -0.1) is 0 Å². The van der Waals surface area contributed by atoms with Crippen LogP contribution in [-0.2, 0) is 14.2 Å². The first-order chi connectivity index (χ1) is 11.0. The van der Waals surface area contributed by atoms with Crippen molar-refractivity contribution in [3.63, 3.8) is 0 Å². The van der Waals surface area contributed by atoms with E-state index in [2.05, 4.69) is 36.4 Å². The van der Waals surface area contributed by atoms with Gasteiger partial charge in [0.15, 0.2) is 5.96 Å². The minimum absolute atomic E-state index is 0.0956. The number of nitrogens with one attached hydrogen (secondary N) is 2. The molecule has 0 spiro atoms. The number of rotatable bonds is 9. The monoisotopic (exact) mass is 329 g/mol. The third-order valence-electron chi connectivity index (χ3n) is 4.06. The number of aliphatic imine (C=N–C) groups is 1. The van der Waals surface area contributed by atoms with Crippen molar-refractivity contribution in [2.45, 2.75) is 39.7 Å². The molecule has 1 rings (SSSR count). The van der Waals surface area contributed by atoms with Gasteiger partial charge < -0.3 is 24.8 Å². The third kappa shape index (κ3) is 8.53. The molecule has 1 aliphatic heterocycles. The van der Waals surface area contributed by atoms with Crippen LogP contribution in [0.1, 0.15) is 33.6 Å². The van der Waals surface area contributed by atoms with Gasteiger partial charge >= 0.3 is 0 Å². The van der Waals surface area contributed by atoms with E-state index < -0.39 is 0 Å². The van der Waals surface area contributed by atoms with Crippen LogP contribution in [0, 0.1) is 11.3 Å². The van der Waals surface area contributed by atoms with Crippen molar-refractivity contribution in [1.82, 2.24) is 10.6 Å². The average Bonchev–Trinajstić information content (AvgIpc) is 3.01. The average molecular weight is 329 g/mol. The standard InChI is InChI=1S/C17H35N3O3/c1-17(2,3)15(21-5)11-20-16(18-4)19-8-6-9-22-12-14-7-10-23-13-14/h14-15H,6-13H2,1-5H3,(H2,18,19,20). The van der Waals surface area contributed by atoms with Crippen molar-refractivity contribution < 1.29 is 14.2 Å². The fourth-order valence-electron chi connectivity index (χ4n) is 2.50. The maximum atomic E-state index is 5.69. The minimum atomic E-state index is 0.0956. The van der Waals surface area contributed by atoms with E-state index in [0.717, 1.165) is 58.3 Å². The molecule has 2 atom stereocenters. The van der Waals surface area contributed by atoms with E-state index in [1.165, 1.54) is 0 Å². The Hall–Kier alpha value is -0.850. The summed E-state index contributed by atoms with van der Waals surface area (Å²) in [7, 11) is 3.53. The fourth-order valence-corrected chi connectivity index (χ4v) is 2.50. The van der Waals surface area contributed by atoms with Crippen LogP contribution in [0.4, 0.5) is 0 Å². The molecule has 0 aromatic heterocycles. The van der Waals surface area contributed by atoms with E-state index in [0.29, 0.717) is 5.92 Å². The van der Waals surface area contributed by atoms with E-state index in [4.69, 9.17) is 14.2 Å². The van der Waals surface area contributed by atoms with Crippen molar-refractivity contribution >= 4 is 5.96 Å². The van der Waals surface area contributed by atoms with Crippen LogP contribution >= 0.6 is 0 Å². The second-order valence-electron chi connectivity index (χ2n) is 7.13. The summed E-state index contributed by atoms with van der Waals surface area (Å²) in [6.07, 6.45) is 2.22. The van der Waals surface area contributed by atoms with Crippen LogP contribution in [-0.4, -0.2) is 65.7 Å². The Bertz CT molecular complexity index is 336. The van der Waals surface area contributed by atoms with Gasteiger partial charge in [0, 0.05) is 46.4 Å². The van der Waals surface area contributed by atoms with Gasteiger partial charge in [0.25, 0.3) is 0 Å². The lowest BCUT2D eigenvalue weighted by atomic mass is 9.89. The number of hydrogen-bond acceptors (Lipinski definition) is 4. The van der Waals surface area contributed by atoms with E-state index in [1.54, 1.807) is 14.2 Å².